The van der Waals surface area contributed by atoms with Crippen molar-refractivity contribution in [2.24, 2.45) is 4.99 Å². The molecule has 0 atom stereocenters. The van der Waals surface area contributed by atoms with Crippen molar-refractivity contribution in [3.05, 3.63) is 49.1 Å². The van der Waals surface area contributed by atoms with Crippen LogP contribution in [0.1, 0.15) is 5.56 Å². The molecule has 0 fully saturated rings. The third-order valence-electron chi connectivity index (χ3n) is 2.47. The van der Waals surface area contributed by atoms with Crippen molar-refractivity contribution in [3.63, 3.8) is 0 Å². The summed E-state index contributed by atoms with van der Waals surface area (Å²) in [7, 11) is 1.53. The number of phenols is 1. The molecule has 19 heavy (non-hydrogen) atoms. The fourth-order valence-electron chi connectivity index (χ4n) is 1.52. The SMILES string of the molecule is COc1cc(I)cc(C=Nc2ccc(I)cc2)c1O. The standard InChI is InChI=1S/C14H11I2NO2/c1-19-13-7-11(16)6-9(14(13)18)8-17-12-4-2-10(15)3-5-12/h2-8,18H,1H3. The van der Waals surface area contributed by atoms with Gasteiger partial charge in [0.05, 0.1) is 12.8 Å². The lowest BCUT2D eigenvalue weighted by Crippen LogP contribution is -1.90. The molecule has 0 aliphatic heterocycles. The van der Waals surface area contributed by atoms with Crippen LogP contribution < -0.4 is 4.74 Å². The first-order valence-electron chi connectivity index (χ1n) is 5.46. The highest BCUT2D eigenvalue weighted by atomic mass is 127. The smallest absolute Gasteiger partial charge is 0.166 e. The average Bonchev–Trinajstić information content (AvgIpc) is 2.41. The number of hydrogen-bond acceptors (Lipinski definition) is 3. The molecule has 2 rings (SSSR count). The Kier molecular flexibility index (Phi) is 5.03. The summed E-state index contributed by atoms with van der Waals surface area (Å²) in [6, 6.07) is 11.5. The molecule has 0 spiro atoms. The zero-order valence-electron chi connectivity index (χ0n) is 10.1. The van der Waals surface area contributed by atoms with Crippen LogP contribution in [0.15, 0.2) is 41.4 Å². The molecule has 2 aromatic carbocycles. The second-order valence-corrected chi connectivity index (χ2v) is 6.27. The number of aromatic hydroxyl groups is 1. The van der Waals surface area contributed by atoms with E-state index >= 15 is 0 Å². The van der Waals surface area contributed by atoms with E-state index in [0.717, 1.165) is 12.8 Å². The topological polar surface area (TPSA) is 41.8 Å². The third kappa shape index (κ3) is 3.82. The maximum atomic E-state index is 10.0. The Morgan fingerprint density at radius 3 is 2.42 bits per heavy atom. The molecule has 0 saturated carbocycles. The summed E-state index contributed by atoms with van der Waals surface area (Å²) >= 11 is 4.42. The first-order chi connectivity index (χ1) is 9.10. The first kappa shape index (κ1) is 14.6. The highest BCUT2D eigenvalue weighted by Crippen LogP contribution is 2.31. The zero-order valence-corrected chi connectivity index (χ0v) is 14.4. The molecule has 0 aliphatic carbocycles. The van der Waals surface area contributed by atoms with Gasteiger partial charge in [0, 0.05) is 18.9 Å². The van der Waals surface area contributed by atoms with E-state index in [0.29, 0.717) is 11.3 Å². The Labute approximate surface area is 139 Å². The molecule has 0 aliphatic rings. The molecule has 98 valence electrons. The fraction of sp³-hybridized carbons (Fsp3) is 0.0714. The molecular formula is C14H11I2NO2. The number of hydrogen-bond donors (Lipinski definition) is 1. The monoisotopic (exact) mass is 479 g/mol. The summed E-state index contributed by atoms with van der Waals surface area (Å²) in [6.07, 6.45) is 1.64. The van der Waals surface area contributed by atoms with Crippen molar-refractivity contribution in [1.29, 1.82) is 0 Å². The number of aliphatic imine (C=N–C) groups is 1. The molecule has 0 radical (unpaired) electrons. The van der Waals surface area contributed by atoms with Gasteiger partial charge >= 0.3 is 0 Å². The summed E-state index contributed by atoms with van der Waals surface area (Å²) < 4.78 is 7.26. The molecule has 0 bridgehead atoms. The number of benzene rings is 2. The lowest BCUT2D eigenvalue weighted by molar-refractivity contribution is 0.373. The minimum absolute atomic E-state index is 0.108. The van der Waals surface area contributed by atoms with Crippen molar-refractivity contribution in [3.8, 4) is 11.5 Å². The van der Waals surface area contributed by atoms with E-state index in [9.17, 15) is 5.11 Å². The van der Waals surface area contributed by atoms with Gasteiger partial charge in [-0.3, -0.25) is 4.99 Å². The second kappa shape index (κ2) is 6.56. The molecular weight excluding hydrogens is 468 g/mol. The van der Waals surface area contributed by atoms with Gasteiger partial charge in [-0.2, -0.15) is 0 Å². The Balaban J connectivity index is 2.32. The van der Waals surface area contributed by atoms with E-state index in [4.69, 9.17) is 4.74 Å². The summed E-state index contributed by atoms with van der Waals surface area (Å²) in [6.45, 7) is 0. The maximum Gasteiger partial charge on any atom is 0.166 e. The first-order valence-corrected chi connectivity index (χ1v) is 7.62. The normalized spacial score (nSPS) is 10.9. The predicted molar refractivity (Wildman–Crippen MR) is 93.8 cm³/mol. The average molecular weight is 479 g/mol. The van der Waals surface area contributed by atoms with Crippen molar-refractivity contribution >= 4 is 57.1 Å². The molecule has 0 saturated heterocycles. The lowest BCUT2D eigenvalue weighted by Gasteiger charge is -2.06. The fourth-order valence-corrected chi connectivity index (χ4v) is 2.50. The number of ether oxygens (including phenoxy) is 1. The van der Waals surface area contributed by atoms with Crippen LogP contribution in [0, 0.1) is 7.14 Å². The second-order valence-electron chi connectivity index (χ2n) is 3.78. The van der Waals surface area contributed by atoms with E-state index < -0.39 is 0 Å². The van der Waals surface area contributed by atoms with Gasteiger partial charge in [-0.15, -0.1) is 0 Å². The van der Waals surface area contributed by atoms with Crippen LogP contribution in [-0.2, 0) is 0 Å². The molecule has 3 nitrogen and oxygen atoms in total. The minimum Gasteiger partial charge on any atom is -0.504 e. The Bertz CT molecular complexity index is 610. The van der Waals surface area contributed by atoms with Gasteiger partial charge in [-0.05, 0) is 81.6 Å². The predicted octanol–water partition coefficient (Wildman–Crippen LogP) is 4.36. The van der Waals surface area contributed by atoms with E-state index in [-0.39, 0.29) is 5.75 Å². The van der Waals surface area contributed by atoms with Gasteiger partial charge in [0.1, 0.15) is 0 Å². The molecule has 2 aromatic rings. The number of rotatable bonds is 3. The van der Waals surface area contributed by atoms with Crippen molar-refractivity contribution < 1.29 is 9.84 Å². The number of phenolic OH excluding ortho intramolecular Hbond substituents is 1. The van der Waals surface area contributed by atoms with Crippen LogP contribution in [-0.4, -0.2) is 18.4 Å². The number of methoxy groups -OCH3 is 1. The summed E-state index contributed by atoms with van der Waals surface area (Å²) in [5, 5.41) is 10.0. The van der Waals surface area contributed by atoms with Crippen LogP contribution in [0.5, 0.6) is 11.5 Å². The van der Waals surface area contributed by atoms with Gasteiger partial charge < -0.3 is 9.84 Å². The van der Waals surface area contributed by atoms with Gasteiger partial charge in [0.2, 0.25) is 0 Å². The molecule has 0 unspecified atom stereocenters. The molecule has 0 aromatic heterocycles. The number of halogens is 2. The van der Waals surface area contributed by atoms with E-state index in [1.54, 1.807) is 12.3 Å². The highest BCUT2D eigenvalue weighted by Gasteiger charge is 2.07. The summed E-state index contributed by atoms with van der Waals surface area (Å²) in [5.74, 6) is 0.563. The van der Waals surface area contributed by atoms with E-state index in [1.165, 1.54) is 7.11 Å². The van der Waals surface area contributed by atoms with Crippen molar-refractivity contribution in [2.45, 2.75) is 0 Å². The van der Waals surface area contributed by atoms with Gasteiger partial charge in [-0.1, -0.05) is 0 Å². The largest absolute Gasteiger partial charge is 0.504 e. The van der Waals surface area contributed by atoms with Crippen molar-refractivity contribution in [1.82, 2.24) is 0 Å². The van der Waals surface area contributed by atoms with Gasteiger partial charge in [-0.25, -0.2) is 0 Å². The molecule has 5 heteroatoms. The highest BCUT2D eigenvalue weighted by molar-refractivity contribution is 14.1. The van der Waals surface area contributed by atoms with E-state index in [2.05, 4.69) is 50.2 Å². The molecule has 0 heterocycles. The van der Waals surface area contributed by atoms with Crippen LogP contribution in [0.2, 0.25) is 0 Å². The van der Waals surface area contributed by atoms with E-state index in [1.807, 2.05) is 30.3 Å². The summed E-state index contributed by atoms with van der Waals surface area (Å²) in [4.78, 5) is 4.35. The third-order valence-corrected chi connectivity index (χ3v) is 3.81. The Morgan fingerprint density at radius 1 is 1.11 bits per heavy atom. The van der Waals surface area contributed by atoms with Gasteiger partial charge in [0.25, 0.3) is 0 Å². The Hall–Kier alpha value is -0.830. The summed E-state index contributed by atoms with van der Waals surface area (Å²) in [5.41, 5.74) is 1.49. The maximum absolute atomic E-state index is 10.0. The van der Waals surface area contributed by atoms with Crippen LogP contribution in [0.4, 0.5) is 5.69 Å². The number of nitrogens with zero attached hydrogens (tertiary/aromatic N) is 1. The minimum atomic E-state index is 0.108. The molecule has 0 amide bonds. The Morgan fingerprint density at radius 2 is 1.79 bits per heavy atom. The van der Waals surface area contributed by atoms with Crippen LogP contribution in [0.3, 0.4) is 0 Å². The molecule has 1 N–H and O–H groups in total. The zero-order chi connectivity index (χ0) is 13.8. The van der Waals surface area contributed by atoms with Crippen molar-refractivity contribution in [2.75, 3.05) is 7.11 Å². The quantitative estimate of drug-likeness (QED) is 0.526. The van der Waals surface area contributed by atoms with Crippen LogP contribution in [0.25, 0.3) is 0 Å². The lowest BCUT2D eigenvalue weighted by atomic mass is 10.2. The van der Waals surface area contributed by atoms with Gasteiger partial charge in [0.15, 0.2) is 11.5 Å². The van der Waals surface area contributed by atoms with Crippen LogP contribution >= 0.6 is 45.2 Å².